The summed E-state index contributed by atoms with van der Waals surface area (Å²) >= 11 is 0. The molecule has 21 heavy (non-hydrogen) atoms. The van der Waals surface area contributed by atoms with Crippen LogP contribution in [-0.4, -0.2) is 87.5 Å². The van der Waals surface area contributed by atoms with Crippen LogP contribution in [-0.2, 0) is 23.7 Å². The molecule has 0 bridgehead atoms. The fraction of sp³-hybridized carbons (Fsp3) is 1.00. The minimum atomic E-state index is -0.736. The van der Waals surface area contributed by atoms with E-state index in [1.54, 1.807) is 13.8 Å². The highest BCUT2D eigenvalue weighted by Gasteiger charge is 2.26. The first kappa shape index (κ1) is 18.8. The van der Waals surface area contributed by atoms with Crippen molar-refractivity contribution >= 4 is 0 Å². The van der Waals surface area contributed by atoms with E-state index in [9.17, 15) is 10.2 Å². The van der Waals surface area contributed by atoms with Gasteiger partial charge in [0.15, 0.2) is 0 Å². The molecule has 1 rings (SSSR count). The number of hydrogen-bond donors (Lipinski definition) is 2. The molecule has 0 spiro atoms. The van der Waals surface area contributed by atoms with Gasteiger partial charge >= 0.3 is 0 Å². The third kappa shape index (κ3) is 7.51. The Hall–Kier alpha value is -0.280. The fourth-order valence-corrected chi connectivity index (χ4v) is 1.76. The average molecular weight is 308 g/mol. The van der Waals surface area contributed by atoms with E-state index >= 15 is 0 Å². The van der Waals surface area contributed by atoms with Crippen LogP contribution >= 0.6 is 0 Å². The van der Waals surface area contributed by atoms with Crippen molar-refractivity contribution in [3.8, 4) is 0 Å². The van der Waals surface area contributed by atoms with Gasteiger partial charge in [-0.05, 0) is 13.8 Å². The molecule has 1 fully saturated rings. The Bertz CT molecular complexity index is 250. The largest absolute Gasteiger partial charge is 0.393 e. The Labute approximate surface area is 126 Å². The highest BCUT2D eigenvalue weighted by molar-refractivity contribution is 4.75. The van der Waals surface area contributed by atoms with Gasteiger partial charge in [-0.1, -0.05) is 0 Å². The van der Waals surface area contributed by atoms with Crippen molar-refractivity contribution in [2.45, 2.75) is 25.0 Å². The molecule has 1 heterocycles. The average Bonchev–Trinajstić information content (AvgIpc) is 2.49. The number of aliphatic hydroxyl groups excluding tert-OH is 2. The maximum Gasteiger partial charge on any atom is 0.112 e. The molecule has 126 valence electrons. The van der Waals surface area contributed by atoms with Gasteiger partial charge in [-0.3, -0.25) is 0 Å². The molecule has 0 amide bonds. The first-order chi connectivity index (χ1) is 10.0. The van der Waals surface area contributed by atoms with Crippen LogP contribution in [0.3, 0.4) is 0 Å². The van der Waals surface area contributed by atoms with Crippen molar-refractivity contribution in [2.75, 3.05) is 66.1 Å². The molecular formula is C14H28O7. The summed E-state index contributed by atoms with van der Waals surface area (Å²) in [5, 5.41) is 18.8. The molecule has 0 saturated carbocycles. The third-order valence-electron chi connectivity index (χ3n) is 3.21. The molecule has 0 aromatic heterocycles. The lowest BCUT2D eigenvalue weighted by molar-refractivity contribution is -0.126. The minimum Gasteiger partial charge on any atom is -0.393 e. The summed E-state index contributed by atoms with van der Waals surface area (Å²) in [7, 11) is 0. The van der Waals surface area contributed by atoms with Crippen LogP contribution in [0.25, 0.3) is 0 Å². The highest BCUT2D eigenvalue weighted by Crippen LogP contribution is 2.12. The van der Waals surface area contributed by atoms with E-state index in [1.165, 1.54) is 0 Å². The Morgan fingerprint density at radius 3 is 1.43 bits per heavy atom. The van der Waals surface area contributed by atoms with E-state index < -0.39 is 11.2 Å². The Balaban J connectivity index is 2.46. The number of aliphatic hydroxyl groups is 2. The zero-order chi connectivity index (χ0) is 15.6. The second-order valence-electron chi connectivity index (χ2n) is 5.63. The van der Waals surface area contributed by atoms with E-state index in [-0.39, 0.29) is 26.4 Å². The molecule has 0 aromatic carbocycles. The molecule has 7 heteroatoms. The standard InChI is InChI=1S/C14H28O7/c1-13(9-15)11-18-3-4-19-12-14(2,10-16)21-8-6-17-5-7-20-13/h15-16H,3-12H2,1-2H3/t13-,14-/m1/s1. The quantitative estimate of drug-likeness (QED) is 0.717. The molecule has 1 aliphatic heterocycles. The minimum absolute atomic E-state index is 0.125. The zero-order valence-electron chi connectivity index (χ0n) is 13.0. The highest BCUT2D eigenvalue weighted by atomic mass is 16.6. The lowest BCUT2D eigenvalue weighted by Crippen LogP contribution is -2.40. The fourth-order valence-electron chi connectivity index (χ4n) is 1.76. The Morgan fingerprint density at radius 2 is 1.05 bits per heavy atom. The first-order valence-corrected chi connectivity index (χ1v) is 7.26. The monoisotopic (exact) mass is 308 g/mol. The second kappa shape index (κ2) is 9.68. The lowest BCUT2D eigenvalue weighted by Gasteiger charge is -2.27. The van der Waals surface area contributed by atoms with Crippen molar-refractivity contribution in [2.24, 2.45) is 0 Å². The third-order valence-corrected chi connectivity index (χ3v) is 3.21. The molecule has 1 saturated heterocycles. The summed E-state index contributed by atoms with van der Waals surface area (Å²) in [4.78, 5) is 0. The van der Waals surface area contributed by atoms with E-state index in [0.29, 0.717) is 39.6 Å². The van der Waals surface area contributed by atoms with Crippen LogP contribution in [0, 0.1) is 0 Å². The summed E-state index contributed by atoms with van der Waals surface area (Å²) in [6, 6.07) is 0. The maximum absolute atomic E-state index is 9.38. The SMILES string of the molecule is C[C@@]1(CO)COCCOC[C@@](C)(CO)OCCOCCO1. The van der Waals surface area contributed by atoms with Gasteiger partial charge in [0, 0.05) is 0 Å². The van der Waals surface area contributed by atoms with E-state index in [2.05, 4.69) is 0 Å². The van der Waals surface area contributed by atoms with Gasteiger partial charge in [0.2, 0.25) is 0 Å². The second-order valence-corrected chi connectivity index (χ2v) is 5.63. The summed E-state index contributed by atoms with van der Waals surface area (Å²) in [5.74, 6) is 0. The summed E-state index contributed by atoms with van der Waals surface area (Å²) in [6.45, 7) is 6.21. The van der Waals surface area contributed by atoms with Gasteiger partial charge in [-0.25, -0.2) is 0 Å². The predicted octanol–water partition coefficient (Wildman–Crippen LogP) is -0.415. The van der Waals surface area contributed by atoms with Gasteiger partial charge in [-0.2, -0.15) is 0 Å². The zero-order valence-corrected chi connectivity index (χ0v) is 13.0. The van der Waals surface area contributed by atoms with Crippen molar-refractivity contribution in [3.05, 3.63) is 0 Å². The van der Waals surface area contributed by atoms with Crippen LogP contribution in [0.15, 0.2) is 0 Å². The van der Waals surface area contributed by atoms with Crippen LogP contribution < -0.4 is 0 Å². The molecule has 0 aliphatic carbocycles. The Kier molecular flexibility index (Phi) is 8.65. The van der Waals surface area contributed by atoms with Crippen molar-refractivity contribution < 1.29 is 33.9 Å². The number of ether oxygens (including phenoxy) is 5. The van der Waals surface area contributed by atoms with Crippen molar-refractivity contribution in [1.82, 2.24) is 0 Å². The molecule has 0 radical (unpaired) electrons. The molecule has 0 unspecified atom stereocenters. The van der Waals surface area contributed by atoms with E-state index in [4.69, 9.17) is 23.7 Å². The van der Waals surface area contributed by atoms with Crippen LogP contribution in [0.2, 0.25) is 0 Å². The first-order valence-electron chi connectivity index (χ1n) is 7.26. The summed E-state index contributed by atoms with van der Waals surface area (Å²) < 4.78 is 27.5. The van der Waals surface area contributed by atoms with Gasteiger partial charge in [0.05, 0.1) is 66.1 Å². The summed E-state index contributed by atoms with van der Waals surface area (Å²) in [6.07, 6.45) is 0. The number of rotatable bonds is 2. The topological polar surface area (TPSA) is 86.6 Å². The predicted molar refractivity (Wildman–Crippen MR) is 75.3 cm³/mol. The van der Waals surface area contributed by atoms with Gasteiger partial charge in [-0.15, -0.1) is 0 Å². The molecular weight excluding hydrogens is 280 g/mol. The van der Waals surface area contributed by atoms with Gasteiger partial charge in [0.1, 0.15) is 11.2 Å². The van der Waals surface area contributed by atoms with Crippen LogP contribution in [0.4, 0.5) is 0 Å². The lowest BCUT2D eigenvalue weighted by atomic mass is 10.1. The molecule has 7 nitrogen and oxygen atoms in total. The van der Waals surface area contributed by atoms with Crippen molar-refractivity contribution in [3.63, 3.8) is 0 Å². The number of hydrogen-bond acceptors (Lipinski definition) is 7. The van der Waals surface area contributed by atoms with E-state index in [1.807, 2.05) is 0 Å². The molecule has 0 aromatic rings. The summed E-state index contributed by atoms with van der Waals surface area (Å²) in [5.41, 5.74) is -1.47. The van der Waals surface area contributed by atoms with Gasteiger partial charge in [0.25, 0.3) is 0 Å². The van der Waals surface area contributed by atoms with Gasteiger partial charge < -0.3 is 33.9 Å². The van der Waals surface area contributed by atoms with Crippen molar-refractivity contribution in [1.29, 1.82) is 0 Å². The maximum atomic E-state index is 9.38. The molecule has 2 N–H and O–H groups in total. The normalized spacial score (nSPS) is 34.9. The molecule has 2 atom stereocenters. The molecule has 1 aliphatic rings. The van der Waals surface area contributed by atoms with Crippen LogP contribution in [0.1, 0.15) is 13.8 Å². The Morgan fingerprint density at radius 1 is 0.667 bits per heavy atom. The smallest absolute Gasteiger partial charge is 0.112 e. The van der Waals surface area contributed by atoms with E-state index in [0.717, 1.165) is 0 Å². The van der Waals surface area contributed by atoms with Crippen LogP contribution in [0.5, 0.6) is 0 Å².